The molecule has 0 unspecified atom stereocenters. The van der Waals surface area contributed by atoms with Crippen molar-refractivity contribution < 1.29 is 25.8 Å². The van der Waals surface area contributed by atoms with E-state index in [-0.39, 0.29) is 37.3 Å². The number of fused-ring (bicyclic) bond motifs is 4. The van der Waals surface area contributed by atoms with Crippen LogP contribution in [0.25, 0.3) is 38.8 Å². The van der Waals surface area contributed by atoms with Crippen molar-refractivity contribution in [3.05, 3.63) is 182 Å². The topological polar surface area (TPSA) is 33.5 Å². The molecule has 1 saturated carbocycles. The van der Waals surface area contributed by atoms with Crippen LogP contribution in [0.5, 0.6) is 11.5 Å². The molecule has 1 aliphatic heterocycles. The molecular formula is C53H47N4OPt-3. The first-order valence-corrected chi connectivity index (χ1v) is 20.4. The number of ether oxygens (including phenoxy) is 1. The molecule has 0 N–H and O–H groups in total. The fourth-order valence-corrected chi connectivity index (χ4v) is 10.7. The number of pyridine rings is 1. The third-order valence-corrected chi connectivity index (χ3v) is 13.0. The Bertz CT molecular complexity index is 2790. The van der Waals surface area contributed by atoms with E-state index in [1.54, 1.807) is 0 Å². The molecule has 0 saturated heterocycles. The molecule has 298 valence electrons. The first-order chi connectivity index (χ1) is 28.1. The van der Waals surface area contributed by atoms with E-state index in [0.717, 1.165) is 68.7 Å². The SMILES string of the molecule is CN1[CH-]N(c2[c-]c(Oc3[c-]c4c(cc3)c3ccccc3n4-c3cc(C4(c5ccccc5)C(C)(C)CCCC4(C)C)ccn3)cc(-c3ccccc3)c2)c2ccccc21.[Pt]. The van der Waals surface area contributed by atoms with Gasteiger partial charge in [0.15, 0.2) is 0 Å². The fourth-order valence-electron chi connectivity index (χ4n) is 10.7. The van der Waals surface area contributed by atoms with Gasteiger partial charge in [0.25, 0.3) is 0 Å². The summed E-state index contributed by atoms with van der Waals surface area (Å²) in [5.41, 5.74) is 9.68. The van der Waals surface area contributed by atoms with Crippen LogP contribution in [0.3, 0.4) is 0 Å². The predicted octanol–water partition coefficient (Wildman–Crippen LogP) is 13.5. The Kier molecular flexibility index (Phi) is 9.79. The maximum Gasteiger partial charge on any atom is 0.135 e. The molecule has 3 heterocycles. The Labute approximate surface area is 362 Å². The van der Waals surface area contributed by atoms with Crippen molar-refractivity contribution >= 4 is 38.9 Å². The van der Waals surface area contributed by atoms with Crippen LogP contribution >= 0.6 is 0 Å². The van der Waals surface area contributed by atoms with Crippen LogP contribution in [0.4, 0.5) is 17.1 Å². The van der Waals surface area contributed by atoms with Gasteiger partial charge in [0, 0.05) is 61.1 Å². The first-order valence-electron chi connectivity index (χ1n) is 20.4. The van der Waals surface area contributed by atoms with Crippen LogP contribution < -0.4 is 14.5 Å². The number of anilines is 3. The first kappa shape index (κ1) is 38.9. The monoisotopic (exact) mass is 950 g/mol. The maximum atomic E-state index is 6.80. The van der Waals surface area contributed by atoms with Crippen molar-refractivity contribution in [3.63, 3.8) is 0 Å². The van der Waals surface area contributed by atoms with Gasteiger partial charge in [0.2, 0.25) is 0 Å². The molecule has 2 aliphatic rings. The summed E-state index contributed by atoms with van der Waals surface area (Å²) in [6.07, 6.45) is 5.52. The van der Waals surface area contributed by atoms with Crippen LogP contribution in [-0.2, 0) is 26.5 Å². The van der Waals surface area contributed by atoms with Gasteiger partial charge in [-0.15, -0.1) is 47.0 Å². The number of nitrogens with zero attached hydrogens (tertiary/aromatic N) is 4. The Morgan fingerprint density at radius 3 is 2.07 bits per heavy atom. The van der Waals surface area contributed by atoms with Crippen LogP contribution in [0, 0.1) is 29.6 Å². The van der Waals surface area contributed by atoms with Gasteiger partial charge in [-0.25, -0.2) is 4.98 Å². The number of para-hydroxylation sites is 3. The van der Waals surface area contributed by atoms with Gasteiger partial charge >= 0.3 is 0 Å². The van der Waals surface area contributed by atoms with Crippen LogP contribution in [-0.4, -0.2) is 16.6 Å². The summed E-state index contributed by atoms with van der Waals surface area (Å²) in [6, 6.07) is 59.0. The van der Waals surface area contributed by atoms with E-state index in [2.05, 4.69) is 201 Å². The largest absolute Gasteiger partial charge is 0.509 e. The van der Waals surface area contributed by atoms with Gasteiger partial charge < -0.3 is 19.1 Å². The third-order valence-electron chi connectivity index (χ3n) is 13.0. The third kappa shape index (κ3) is 6.28. The minimum Gasteiger partial charge on any atom is -0.509 e. The van der Waals surface area contributed by atoms with Crippen molar-refractivity contribution in [1.82, 2.24) is 9.55 Å². The number of hydrogen-bond donors (Lipinski definition) is 0. The molecule has 0 spiro atoms. The van der Waals surface area contributed by atoms with Gasteiger partial charge in [-0.1, -0.05) is 131 Å². The van der Waals surface area contributed by atoms with E-state index in [1.165, 1.54) is 17.5 Å². The summed E-state index contributed by atoms with van der Waals surface area (Å²) < 4.78 is 9.07. The second-order valence-electron chi connectivity index (χ2n) is 17.2. The van der Waals surface area contributed by atoms with E-state index < -0.39 is 0 Å². The quantitative estimate of drug-likeness (QED) is 0.149. The second-order valence-corrected chi connectivity index (χ2v) is 17.2. The van der Waals surface area contributed by atoms with Crippen molar-refractivity contribution in [2.24, 2.45) is 10.8 Å². The van der Waals surface area contributed by atoms with Crippen molar-refractivity contribution in [3.8, 4) is 28.4 Å². The van der Waals surface area contributed by atoms with Gasteiger partial charge in [-0.2, -0.15) is 12.7 Å². The molecule has 1 fully saturated rings. The molecule has 0 radical (unpaired) electrons. The predicted molar refractivity (Wildman–Crippen MR) is 238 cm³/mol. The fraction of sp³-hybridized carbons (Fsp3) is 0.208. The van der Waals surface area contributed by atoms with E-state index in [0.29, 0.717) is 11.5 Å². The number of benzene rings is 6. The molecule has 0 atom stereocenters. The summed E-state index contributed by atoms with van der Waals surface area (Å²) >= 11 is 0. The molecule has 6 heteroatoms. The molecule has 2 aromatic heterocycles. The number of aromatic nitrogens is 2. The standard InChI is InChI=1S/C53H47N4O.Pt/c1-51(2)28-16-29-52(3,4)53(51,39-19-10-7-11-20-39)40-27-30-54-50(33-40)57-46-22-13-12-21-44(46)45-26-25-42(35-49(45)57)58-43-32-38(37-17-8-6-9-18-37)31-41(34-43)56-36-55(5)47-23-14-15-24-48(47)56;/h6-15,17-27,30-33,36H,16,28-29H2,1-5H3;/q-3;. The summed E-state index contributed by atoms with van der Waals surface area (Å²) in [6.45, 7) is 12.0. The zero-order valence-corrected chi connectivity index (χ0v) is 36.4. The molecule has 0 bridgehead atoms. The molecule has 8 aromatic rings. The molecule has 1 aliphatic carbocycles. The van der Waals surface area contributed by atoms with Gasteiger partial charge in [-0.3, -0.25) is 0 Å². The Hall–Kier alpha value is -5.64. The average molecular weight is 951 g/mol. The molecule has 5 nitrogen and oxygen atoms in total. The van der Waals surface area contributed by atoms with E-state index in [4.69, 9.17) is 9.72 Å². The van der Waals surface area contributed by atoms with Gasteiger partial charge in [0.05, 0.1) is 0 Å². The zero-order chi connectivity index (χ0) is 39.6. The minimum atomic E-state index is -0.243. The molecule has 0 amide bonds. The Morgan fingerprint density at radius 2 is 1.31 bits per heavy atom. The van der Waals surface area contributed by atoms with Crippen LogP contribution in [0.15, 0.2) is 152 Å². The summed E-state index contributed by atoms with van der Waals surface area (Å²) in [5.74, 6) is 2.09. The van der Waals surface area contributed by atoms with Gasteiger partial charge in [0.1, 0.15) is 5.82 Å². The van der Waals surface area contributed by atoms with Crippen molar-refractivity contribution in [2.75, 3.05) is 16.8 Å². The normalized spacial score (nSPS) is 16.5. The molecular weight excluding hydrogens is 904 g/mol. The Morgan fingerprint density at radius 1 is 0.627 bits per heavy atom. The van der Waals surface area contributed by atoms with E-state index in [9.17, 15) is 0 Å². The zero-order valence-electron chi connectivity index (χ0n) is 34.1. The summed E-state index contributed by atoms with van der Waals surface area (Å²) in [5, 5.41) is 2.25. The average Bonchev–Trinajstić information content (AvgIpc) is 3.75. The molecule has 10 rings (SSSR count). The number of hydrogen-bond acceptors (Lipinski definition) is 4. The minimum absolute atomic E-state index is 0. The maximum absolute atomic E-state index is 6.80. The van der Waals surface area contributed by atoms with Crippen molar-refractivity contribution in [2.45, 2.75) is 52.4 Å². The van der Waals surface area contributed by atoms with Crippen LogP contribution in [0.1, 0.15) is 58.1 Å². The summed E-state index contributed by atoms with van der Waals surface area (Å²) in [7, 11) is 2.07. The Balaban J connectivity index is 0.00000449. The molecule has 59 heavy (non-hydrogen) atoms. The van der Waals surface area contributed by atoms with Gasteiger partial charge in [-0.05, 0) is 83.1 Å². The van der Waals surface area contributed by atoms with Crippen LogP contribution in [0.2, 0.25) is 0 Å². The van der Waals surface area contributed by atoms with Crippen molar-refractivity contribution in [1.29, 1.82) is 0 Å². The second kappa shape index (κ2) is 14.9. The summed E-state index contributed by atoms with van der Waals surface area (Å²) in [4.78, 5) is 9.43. The molecule has 6 aromatic carbocycles. The van der Waals surface area contributed by atoms with E-state index in [1.807, 2.05) is 18.3 Å². The smallest absolute Gasteiger partial charge is 0.135 e. The van der Waals surface area contributed by atoms with E-state index >= 15 is 0 Å². The number of rotatable bonds is 7.